The topological polar surface area (TPSA) is 61.7 Å². The fourth-order valence-corrected chi connectivity index (χ4v) is 3.37. The van der Waals surface area contributed by atoms with Crippen LogP contribution in [-0.4, -0.2) is 25.9 Å². The van der Waals surface area contributed by atoms with E-state index in [1.807, 2.05) is 0 Å². The number of pyridine rings is 1. The van der Waals surface area contributed by atoms with Crippen LogP contribution in [0, 0.1) is 5.82 Å². The summed E-state index contributed by atoms with van der Waals surface area (Å²) >= 11 is 3.36. The van der Waals surface area contributed by atoms with Gasteiger partial charge in [-0.05, 0) is 39.7 Å². The molecule has 1 aromatic heterocycles. The van der Waals surface area contributed by atoms with E-state index >= 15 is 0 Å². The molecular weight excluding hydrogens is 443 g/mol. The predicted octanol–water partition coefficient (Wildman–Crippen LogP) is 4.57. The van der Waals surface area contributed by atoms with Gasteiger partial charge in [-0.3, -0.25) is 4.79 Å². The molecule has 0 aliphatic carbocycles. The number of methoxy groups -OCH3 is 3. The first-order chi connectivity index (χ1) is 14.0. The monoisotopic (exact) mass is 462 g/mol. The molecule has 3 aromatic rings. The lowest BCUT2D eigenvalue weighted by atomic mass is 10.2. The van der Waals surface area contributed by atoms with Gasteiger partial charge in [-0.25, -0.2) is 4.39 Å². The third-order valence-corrected chi connectivity index (χ3v) is 5.06. The molecule has 0 amide bonds. The number of aromatic nitrogens is 1. The average molecular weight is 463 g/mol. The summed E-state index contributed by atoms with van der Waals surface area (Å²) in [5.41, 5.74) is 1.68. The maximum Gasteiger partial charge on any atom is 0.267 e. The molecule has 0 aliphatic heterocycles. The SMILES string of the molecule is COc1cc(Nc2ccn(Cc3cccc(F)c3)c(=O)c2Br)cc(OC)c1OC. The Morgan fingerprint density at radius 2 is 1.72 bits per heavy atom. The standard InChI is InChI=1S/C21H20BrFN2O4/c1-27-17-10-15(11-18(28-2)20(17)29-3)24-16-7-8-25(21(26)19(16)22)12-13-5-4-6-14(23)9-13/h4-11,24H,12H2,1-3H3. The van der Waals surface area contributed by atoms with Gasteiger partial charge in [0.25, 0.3) is 5.56 Å². The molecule has 8 heteroatoms. The minimum Gasteiger partial charge on any atom is -0.493 e. The fourth-order valence-electron chi connectivity index (χ4n) is 2.91. The van der Waals surface area contributed by atoms with Crippen molar-refractivity contribution in [2.45, 2.75) is 6.54 Å². The molecule has 1 heterocycles. The first-order valence-corrected chi connectivity index (χ1v) is 9.46. The quantitative estimate of drug-likeness (QED) is 0.557. The van der Waals surface area contributed by atoms with E-state index in [4.69, 9.17) is 14.2 Å². The first-order valence-electron chi connectivity index (χ1n) is 8.67. The van der Waals surface area contributed by atoms with Crippen molar-refractivity contribution in [1.82, 2.24) is 4.57 Å². The van der Waals surface area contributed by atoms with E-state index in [-0.39, 0.29) is 17.9 Å². The molecule has 2 aromatic carbocycles. The lowest BCUT2D eigenvalue weighted by Crippen LogP contribution is -2.21. The molecule has 1 N–H and O–H groups in total. The van der Waals surface area contributed by atoms with Crippen LogP contribution >= 0.6 is 15.9 Å². The van der Waals surface area contributed by atoms with Gasteiger partial charge in [0, 0.05) is 24.0 Å². The number of anilines is 2. The van der Waals surface area contributed by atoms with Crippen molar-refractivity contribution >= 4 is 27.3 Å². The van der Waals surface area contributed by atoms with Crippen LogP contribution in [0.15, 0.2) is 57.9 Å². The zero-order valence-electron chi connectivity index (χ0n) is 16.2. The van der Waals surface area contributed by atoms with Gasteiger partial charge in [-0.1, -0.05) is 12.1 Å². The molecule has 0 bridgehead atoms. The van der Waals surface area contributed by atoms with Crippen molar-refractivity contribution in [3.63, 3.8) is 0 Å². The molecule has 0 unspecified atom stereocenters. The molecule has 3 rings (SSSR count). The lowest BCUT2D eigenvalue weighted by Gasteiger charge is -2.16. The second kappa shape index (κ2) is 9.00. The molecule has 0 fully saturated rings. The number of nitrogens with one attached hydrogen (secondary N) is 1. The summed E-state index contributed by atoms with van der Waals surface area (Å²) in [5.74, 6) is 1.12. The molecule has 0 aliphatic rings. The van der Waals surface area contributed by atoms with Gasteiger partial charge in [0.2, 0.25) is 5.75 Å². The van der Waals surface area contributed by atoms with Gasteiger partial charge in [0.15, 0.2) is 11.5 Å². The minimum atomic E-state index is -0.338. The second-order valence-electron chi connectivity index (χ2n) is 6.15. The number of benzene rings is 2. The van der Waals surface area contributed by atoms with Crippen molar-refractivity contribution < 1.29 is 18.6 Å². The Morgan fingerprint density at radius 1 is 1.03 bits per heavy atom. The van der Waals surface area contributed by atoms with Crippen molar-refractivity contribution in [3.05, 3.63) is 74.9 Å². The zero-order chi connectivity index (χ0) is 21.0. The van der Waals surface area contributed by atoms with Crippen molar-refractivity contribution in [1.29, 1.82) is 0 Å². The second-order valence-corrected chi connectivity index (χ2v) is 6.94. The van der Waals surface area contributed by atoms with E-state index in [1.54, 1.807) is 36.5 Å². The maximum absolute atomic E-state index is 13.4. The minimum absolute atomic E-state index is 0.244. The van der Waals surface area contributed by atoms with E-state index in [2.05, 4.69) is 21.2 Å². The summed E-state index contributed by atoms with van der Waals surface area (Å²) in [6.07, 6.45) is 1.65. The number of nitrogens with zero attached hydrogens (tertiary/aromatic N) is 1. The molecule has 6 nitrogen and oxygen atoms in total. The highest BCUT2D eigenvalue weighted by Gasteiger charge is 2.15. The Hall–Kier alpha value is -3.00. The highest BCUT2D eigenvalue weighted by atomic mass is 79.9. The smallest absolute Gasteiger partial charge is 0.267 e. The van der Waals surface area contributed by atoms with Crippen LogP contribution in [0.2, 0.25) is 0 Å². The number of hydrogen-bond acceptors (Lipinski definition) is 5. The third-order valence-electron chi connectivity index (χ3n) is 4.29. The zero-order valence-corrected chi connectivity index (χ0v) is 17.7. The van der Waals surface area contributed by atoms with Crippen LogP contribution in [-0.2, 0) is 6.54 Å². The molecular formula is C21H20BrFN2O4. The van der Waals surface area contributed by atoms with Crippen molar-refractivity contribution in [3.8, 4) is 17.2 Å². The summed E-state index contributed by atoms with van der Waals surface area (Å²) in [4.78, 5) is 12.7. The highest BCUT2D eigenvalue weighted by Crippen LogP contribution is 2.40. The number of hydrogen-bond donors (Lipinski definition) is 1. The van der Waals surface area contributed by atoms with Crippen molar-refractivity contribution in [2.75, 3.05) is 26.6 Å². The summed E-state index contributed by atoms with van der Waals surface area (Å²) < 4.78 is 31.3. The summed E-state index contributed by atoms with van der Waals surface area (Å²) in [7, 11) is 4.59. The van der Waals surface area contributed by atoms with Crippen LogP contribution in [0.5, 0.6) is 17.2 Å². The molecule has 0 radical (unpaired) electrons. The Balaban J connectivity index is 1.91. The highest BCUT2D eigenvalue weighted by molar-refractivity contribution is 9.10. The Bertz CT molecular complexity index is 1060. The number of halogens is 2. The van der Waals surface area contributed by atoms with Gasteiger partial charge in [0.05, 0.1) is 33.6 Å². The van der Waals surface area contributed by atoms with Gasteiger partial charge >= 0.3 is 0 Å². The molecule has 0 saturated heterocycles. The van der Waals surface area contributed by atoms with Gasteiger partial charge < -0.3 is 24.1 Å². The van der Waals surface area contributed by atoms with Gasteiger partial charge in [-0.15, -0.1) is 0 Å². The maximum atomic E-state index is 13.4. The largest absolute Gasteiger partial charge is 0.493 e. The molecule has 29 heavy (non-hydrogen) atoms. The summed E-state index contributed by atoms with van der Waals surface area (Å²) in [5, 5.41) is 3.18. The number of ether oxygens (including phenoxy) is 3. The van der Waals surface area contributed by atoms with E-state index in [0.717, 1.165) is 0 Å². The van der Waals surface area contributed by atoms with E-state index in [9.17, 15) is 9.18 Å². The van der Waals surface area contributed by atoms with Crippen LogP contribution < -0.4 is 25.1 Å². The van der Waals surface area contributed by atoms with Gasteiger partial charge in [-0.2, -0.15) is 0 Å². The lowest BCUT2D eigenvalue weighted by molar-refractivity contribution is 0.324. The summed E-state index contributed by atoms with van der Waals surface area (Å²) in [6, 6.07) is 11.4. The van der Waals surface area contributed by atoms with E-state index in [1.165, 1.54) is 38.0 Å². The van der Waals surface area contributed by atoms with E-state index < -0.39 is 0 Å². The molecule has 152 valence electrons. The molecule has 0 spiro atoms. The van der Waals surface area contributed by atoms with Crippen LogP contribution in [0.4, 0.5) is 15.8 Å². The van der Waals surface area contributed by atoms with Crippen LogP contribution in [0.25, 0.3) is 0 Å². The molecule has 0 saturated carbocycles. The fraction of sp³-hybridized carbons (Fsp3) is 0.190. The normalized spacial score (nSPS) is 10.5. The Morgan fingerprint density at radius 3 is 2.31 bits per heavy atom. The first kappa shape index (κ1) is 20.7. The average Bonchev–Trinajstić information content (AvgIpc) is 2.72. The Labute approximate surface area is 176 Å². The summed E-state index contributed by atoms with van der Waals surface area (Å²) in [6.45, 7) is 0.264. The predicted molar refractivity (Wildman–Crippen MR) is 113 cm³/mol. The van der Waals surface area contributed by atoms with Crippen LogP contribution in [0.1, 0.15) is 5.56 Å². The van der Waals surface area contributed by atoms with Crippen LogP contribution in [0.3, 0.4) is 0 Å². The Kier molecular flexibility index (Phi) is 6.43. The number of rotatable bonds is 7. The molecule has 0 atom stereocenters. The van der Waals surface area contributed by atoms with Crippen molar-refractivity contribution in [2.24, 2.45) is 0 Å². The van der Waals surface area contributed by atoms with Gasteiger partial charge in [0.1, 0.15) is 10.3 Å². The van der Waals surface area contributed by atoms with E-state index in [0.29, 0.717) is 38.7 Å². The third kappa shape index (κ3) is 4.54.